The molecule has 18 heavy (non-hydrogen) atoms. The van der Waals surface area contributed by atoms with Crippen LogP contribution in [0.1, 0.15) is 10.4 Å². The molecule has 1 aromatic heterocycles. The minimum atomic E-state index is -1.67. The Labute approximate surface area is 106 Å². The molecule has 0 atom stereocenters. The lowest BCUT2D eigenvalue weighted by Gasteiger charge is -2.08. The number of benzene rings is 1. The summed E-state index contributed by atoms with van der Waals surface area (Å²) in [5.41, 5.74) is -0.422. The molecule has 0 fully saturated rings. The van der Waals surface area contributed by atoms with Gasteiger partial charge >= 0.3 is 0 Å². The van der Waals surface area contributed by atoms with Gasteiger partial charge in [-0.15, -0.1) is 0 Å². The molecule has 0 amide bonds. The van der Waals surface area contributed by atoms with Crippen molar-refractivity contribution in [2.24, 2.45) is 0 Å². The minimum Gasteiger partial charge on any atom is -0.545 e. The summed E-state index contributed by atoms with van der Waals surface area (Å²) in [5, 5.41) is 10.7. The molecule has 0 N–H and O–H groups in total. The first-order chi connectivity index (χ1) is 8.49. The number of hydrogen-bond acceptors (Lipinski definition) is 3. The lowest BCUT2D eigenvalue weighted by Crippen LogP contribution is -2.23. The second-order valence-corrected chi connectivity index (χ2v) is 3.86. The molecule has 2 aromatic rings. The topological polar surface area (TPSA) is 53.0 Å². The number of carbonyl (C=O) groups excluding carboxylic acids is 1. The van der Waals surface area contributed by atoms with Crippen LogP contribution in [0, 0.1) is 11.6 Å². The van der Waals surface area contributed by atoms with Crippen molar-refractivity contribution in [2.45, 2.75) is 0 Å². The number of halogens is 3. The predicted molar refractivity (Wildman–Crippen MR) is 58.9 cm³/mol. The van der Waals surface area contributed by atoms with E-state index in [4.69, 9.17) is 11.6 Å². The summed E-state index contributed by atoms with van der Waals surface area (Å²) in [6.07, 6.45) is 0.902. The van der Waals surface area contributed by atoms with Gasteiger partial charge in [0.25, 0.3) is 0 Å². The fraction of sp³-hybridized carbons (Fsp3) is 0. The van der Waals surface area contributed by atoms with Crippen LogP contribution in [0.3, 0.4) is 0 Å². The van der Waals surface area contributed by atoms with Crippen LogP contribution in [0.5, 0.6) is 0 Å². The van der Waals surface area contributed by atoms with Gasteiger partial charge in [0.2, 0.25) is 0 Å². The summed E-state index contributed by atoms with van der Waals surface area (Å²) in [6, 6.07) is 4.38. The second-order valence-electron chi connectivity index (χ2n) is 3.47. The van der Waals surface area contributed by atoms with Gasteiger partial charge in [-0.2, -0.15) is 0 Å². The third-order valence-corrected chi connectivity index (χ3v) is 2.53. The van der Waals surface area contributed by atoms with Gasteiger partial charge in [-0.05, 0) is 23.8 Å². The molecule has 0 aliphatic rings. The van der Waals surface area contributed by atoms with E-state index in [2.05, 4.69) is 4.98 Å². The largest absolute Gasteiger partial charge is 0.545 e. The molecule has 0 radical (unpaired) electrons. The number of hydrogen-bond donors (Lipinski definition) is 0. The summed E-state index contributed by atoms with van der Waals surface area (Å²) < 4.78 is 26.7. The Kier molecular flexibility index (Phi) is 3.25. The number of rotatable bonds is 2. The second kappa shape index (κ2) is 4.70. The van der Waals surface area contributed by atoms with Crippen molar-refractivity contribution < 1.29 is 18.7 Å². The van der Waals surface area contributed by atoms with Gasteiger partial charge in [0, 0.05) is 11.1 Å². The van der Waals surface area contributed by atoms with Gasteiger partial charge in [0.05, 0.1) is 12.2 Å². The van der Waals surface area contributed by atoms with Gasteiger partial charge in [-0.25, -0.2) is 13.8 Å². The van der Waals surface area contributed by atoms with Crippen LogP contribution in [-0.2, 0) is 0 Å². The van der Waals surface area contributed by atoms with E-state index in [1.807, 2.05) is 0 Å². The van der Waals surface area contributed by atoms with E-state index < -0.39 is 23.2 Å². The fourth-order valence-electron chi connectivity index (χ4n) is 1.48. The number of aromatic nitrogens is 1. The molecule has 0 saturated carbocycles. The Hall–Kier alpha value is -2.01. The summed E-state index contributed by atoms with van der Waals surface area (Å²) in [5.74, 6) is -3.30. The van der Waals surface area contributed by atoms with E-state index in [-0.39, 0.29) is 16.3 Å². The SMILES string of the molecule is O=C([O-])c1cc(-c2cc(Cl)ncc2F)ccc1F. The molecule has 1 aromatic carbocycles. The number of carboxylic acids is 1. The maximum atomic E-state index is 13.5. The third kappa shape index (κ3) is 2.31. The zero-order valence-electron chi connectivity index (χ0n) is 8.78. The molecule has 0 bridgehead atoms. The molecule has 0 aliphatic heterocycles. The van der Waals surface area contributed by atoms with Crippen molar-refractivity contribution in [3.8, 4) is 11.1 Å². The highest BCUT2D eigenvalue weighted by Gasteiger charge is 2.10. The first-order valence-corrected chi connectivity index (χ1v) is 5.19. The zero-order valence-corrected chi connectivity index (χ0v) is 9.54. The lowest BCUT2D eigenvalue weighted by atomic mass is 10.0. The van der Waals surface area contributed by atoms with Crippen molar-refractivity contribution in [3.63, 3.8) is 0 Å². The maximum absolute atomic E-state index is 13.5. The predicted octanol–water partition coefficient (Wildman–Crippen LogP) is 2.04. The normalized spacial score (nSPS) is 10.4. The van der Waals surface area contributed by atoms with Crippen LogP contribution in [0.4, 0.5) is 8.78 Å². The van der Waals surface area contributed by atoms with Crippen molar-refractivity contribution >= 4 is 17.6 Å². The van der Waals surface area contributed by atoms with E-state index in [1.165, 1.54) is 12.1 Å². The van der Waals surface area contributed by atoms with Gasteiger partial charge in [-0.1, -0.05) is 17.7 Å². The molecular weight excluding hydrogens is 264 g/mol. The smallest absolute Gasteiger partial charge is 0.149 e. The molecule has 0 aliphatic carbocycles. The Morgan fingerprint density at radius 1 is 1.22 bits per heavy atom. The highest BCUT2D eigenvalue weighted by Crippen LogP contribution is 2.26. The first-order valence-electron chi connectivity index (χ1n) is 4.81. The molecule has 0 saturated heterocycles. The molecule has 3 nitrogen and oxygen atoms in total. The van der Waals surface area contributed by atoms with E-state index in [0.717, 1.165) is 18.3 Å². The van der Waals surface area contributed by atoms with Crippen LogP contribution in [-0.4, -0.2) is 11.0 Å². The van der Waals surface area contributed by atoms with Crippen LogP contribution in [0.2, 0.25) is 5.15 Å². The van der Waals surface area contributed by atoms with E-state index >= 15 is 0 Å². The highest BCUT2D eigenvalue weighted by molar-refractivity contribution is 6.29. The average Bonchev–Trinajstić information content (AvgIpc) is 2.33. The van der Waals surface area contributed by atoms with Gasteiger partial charge in [0.15, 0.2) is 0 Å². The quantitative estimate of drug-likeness (QED) is 0.783. The van der Waals surface area contributed by atoms with Crippen LogP contribution in [0.15, 0.2) is 30.5 Å². The monoisotopic (exact) mass is 268 g/mol. The Morgan fingerprint density at radius 2 is 1.94 bits per heavy atom. The van der Waals surface area contributed by atoms with Crippen molar-refractivity contribution in [1.29, 1.82) is 0 Å². The third-order valence-electron chi connectivity index (χ3n) is 2.32. The van der Waals surface area contributed by atoms with E-state index in [1.54, 1.807) is 0 Å². The first kappa shape index (κ1) is 12.4. The van der Waals surface area contributed by atoms with E-state index in [9.17, 15) is 18.7 Å². The summed E-state index contributed by atoms with van der Waals surface area (Å²) in [6.45, 7) is 0. The molecule has 0 unspecified atom stereocenters. The average molecular weight is 269 g/mol. The Balaban J connectivity index is 2.61. The lowest BCUT2D eigenvalue weighted by molar-refractivity contribution is -0.255. The van der Waals surface area contributed by atoms with Crippen molar-refractivity contribution in [3.05, 3.63) is 52.8 Å². The van der Waals surface area contributed by atoms with Gasteiger partial charge < -0.3 is 9.90 Å². The molecule has 92 valence electrons. The highest BCUT2D eigenvalue weighted by atomic mass is 35.5. The zero-order chi connectivity index (χ0) is 13.3. The van der Waals surface area contributed by atoms with E-state index in [0.29, 0.717) is 0 Å². The molecule has 6 heteroatoms. The number of carbonyl (C=O) groups is 1. The molecule has 0 spiro atoms. The summed E-state index contributed by atoms with van der Waals surface area (Å²) >= 11 is 5.62. The number of nitrogens with zero attached hydrogens (tertiary/aromatic N) is 1. The standard InChI is InChI=1S/C12H6ClF2NO2/c13-11-4-7(10(15)5-16-11)6-1-2-9(14)8(3-6)12(17)18/h1-5H,(H,17,18)/p-1. The molecule has 1 heterocycles. The summed E-state index contributed by atoms with van der Waals surface area (Å²) in [7, 11) is 0. The number of pyridine rings is 1. The summed E-state index contributed by atoms with van der Waals surface area (Å²) in [4.78, 5) is 14.2. The number of carboxylic acid groups (broad SMARTS) is 1. The Bertz CT molecular complexity index is 631. The van der Waals surface area contributed by atoms with Gasteiger partial charge in [0.1, 0.15) is 16.8 Å². The molecular formula is C12H5ClF2NO2-. The van der Waals surface area contributed by atoms with Crippen molar-refractivity contribution in [1.82, 2.24) is 4.98 Å². The van der Waals surface area contributed by atoms with Crippen LogP contribution in [0.25, 0.3) is 11.1 Å². The van der Waals surface area contributed by atoms with Crippen LogP contribution < -0.4 is 5.11 Å². The van der Waals surface area contributed by atoms with Crippen molar-refractivity contribution in [2.75, 3.05) is 0 Å². The number of aromatic carboxylic acids is 1. The molecule has 2 rings (SSSR count). The maximum Gasteiger partial charge on any atom is 0.149 e. The minimum absolute atomic E-state index is 0.0394. The fourth-order valence-corrected chi connectivity index (χ4v) is 1.64. The van der Waals surface area contributed by atoms with Crippen LogP contribution >= 0.6 is 11.6 Å². The van der Waals surface area contributed by atoms with Gasteiger partial charge in [-0.3, -0.25) is 0 Å². The Morgan fingerprint density at radius 3 is 2.61 bits per heavy atom.